The van der Waals surface area contributed by atoms with Gasteiger partial charge >= 0.3 is 0 Å². The zero-order valence-corrected chi connectivity index (χ0v) is 14.1. The lowest BCUT2D eigenvalue weighted by Gasteiger charge is -2.06. The third-order valence-corrected chi connectivity index (χ3v) is 4.31. The van der Waals surface area contributed by atoms with E-state index >= 15 is 0 Å². The maximum Gasteiger partial charge on any atom is 0.250 e. The fourth-order valence-corrected chi connectivity index (χ4v) is 2.90. The SMILES string of the molecule is CCc1cccc(NC(=O)COCc2cc(-c3cccs3)on2)c1. The Labute approximate surface area is 144 Å². The van der Waals surface area contributed by atoms with Gasteiger partial charge in [-0.25, -0.2) is 0 Å². The Hall–Kier alpha value is -2.44. The van der Waals surface area contributed by atoms with Crippen LogP contribution >= 0.6 is 11.3 Å². The molecule has 0 atom stereocenters. The summed E-state index contributed by atoms with van der Waals surface area (Å²) in [4.78, 5) is 12.9. The maximum absolute atomic E-state index is 11.9. The monoisotopic (exact) mass is 342 g/mol. The van der Waals surface area contributed by atoms with Gasteiger partial charge in [-0.1, -0.05) is 30.3 Å². The van der Waals surface area contributed by atoms with Gasteiger partial charge in [0.05, 0.1) is 11.5 Å². The number of hydrogen-bond donors (Lipinski definition) is 1. The van der Waals surface area contributed by atoms with Gasteiger partial charge in [-0.15, -0.1) is 11.3 Å². The molecule has 6 heteroatoms. The third-order valence-electron chi connectivity index (χ3n) is 3.43. The Morgan fingerprint density at radius 2 is 2.21 bits per heavy atom. The van der Waals surface area contributed by atoms with E-state index in [1.165, 1.54) is 5.56 Å². The van der Waals surface area contributed by atoms with E-state index in [1.54, 1.807) is 11.3 Å². The van der Waals surface area contributed by atoms with Gasteiger partial charge in [0.25, 0.3) is 0 Å². The second kappa shape index (κ2) is 7.90. The van der Waals surface area contributed by atoms with Gasteiger partial charge in [-0.3, -0.25) is 4.79 Å². The van der Waals surface area contributed by atoms with Crippen LogP contribution in [0.4, 0.5) is 5.69 Å². The number of carbonyl (C=O) groups is 1. The highest BCUT2D eigenvalue weighted by atomic mass is 32.1. The zero-order chi connectivity index (χ0) is 16.8. The third kappa shape index (κ3) is 4.31. The Morgan fingerprint density at radius 1 is 1.29 bits per heavy atom. The van der Waals surface area contributed by atoms with Gasteiger partial charge in [0.15, 0.2) is 5.76 Å². The van der Waals surface area contributed by atoms with Crippen LogP contribution in [0.1, 0.15) is 18.2 Å². The van der Waals surface area contributed by atoms with Crippen LogP contribution in [-0.2, 0) is 22.6 Å². The topological polar surface area (TPSA) is 64.4 Å². The summed E-state index contributed by atoms with van der Waals surface area (Å²) in [5, 5.41) is 8.75. The average molecular weight is 342 g/mol. The van der Waals surface area contributed by atoms with Gasteiger partial charge < -0.3 is 14.6 Å². The predicted octanol–water partition coefficient (Wildman–Crippen LogP) is 4.12. The molecule has 5 nitrogen and oxygen atoms in total. The van der Waals surface area contributed by atoms with Crippen molar-refractivity contribution >= 4 is 22.9 Å². The Bertz CT molecular complexity index is 796. The molecule has 0 saturated carbocycles. The van der Waals surface area contributed by atoms with Gasteiger partial charge in [-0.05, 0) is 35.6 Å². The first-order chi connectivity index (χ1) is 11.7. The molecule has 0 unspecified atom stereocenters. The van der Waals surface area contributed by atoms with Crippen molar-refractivity contribution in [3.63, 3.8) is 0 Å². The first-order valence-electron chi connectivity index (χ1n) is 7.70. The predicted molar refractivity (Wildman–Crippen MR) is 93.9 cm³/mol. The average Bonchev–Trinajstić information content (AvgIpc) is 3.26. The number of anilines is 1. The first kappa shape index (κ1) is 16.4. The molecule has 1 aromatic carbocycles. The summed E-state index contributed by atoms with van der Waals surface area (Å²) in [5.74, 6) is 0.523. The van der Waals surface area contributed by atoms with Crippen molar-refractivity contribution < 1.29 is 14.1 Å². The fourth-order valence-electron chi connectivity index (χ4n) is 2.23. The quantitative estimate of drug-likeness (QED) is 0.701. The van der Waals surface area contributed by atoms with Crippen molar-refractivity contribution in [3.8, 4) is 10.6 Å². The molecule has 2 aromatic heterocycles. The number of thiophene rings is 1. The van der Waals surface area contributed by atoms with Gasteiger partial charge in [-0.2, -0.15) is 0 Å². The van der Waals surface area contributed by atoms with Crippen molar-refractivity contribution in [1.29, 1.82) is 0 Å². The standard InChI is InChI=1S/C18H18N2O3S/c1-2-13-5-3-6-14(9-13)19-18(21)12-22-11-15-10-16(23-20-15)17-7-4-8-24-17/h3-10H,2,11-12H2,1H3,(H,19,21). The molecule has 2 heterocycles. The molecule has 1 N–H and O–H groups in total. The molecule has 3 aromatic rings. The van der Waals surface area contributed by atoms with E-state index in [1.807, 2.05) is 47.8 Å². The van der Waals surface area contributed by atoms with Crippen molar-refractivity contribution in [3.05, 3.63) is 59.1 Å². The molecule has 24 heavy (non-hydrogen) atoms. The van der Waals surface area contributed by atoms with Crippen molar-refractivity contribution in [2.75, 3.05) is 11.9 Å². The minimum Gasteiger partial charge on any atom is -0.365 e. The minimum absolute atomic E-state index is 0.0302. The summed E-state index contributed by atoms with van der Waals surface area (Å²) in [5.41, 5.74) is 2.63. The number of rotatable bonds is 7. The highest BCUT2D eigenvalue weighted by Gasteiger charge is 2.09. The van der Waals surface area contributed by atoms with Crippen molar-refractivity contribution in [1.82, 2.24) is 5.16 Å². The molecule has 0 aliphatic rings. The highest BCUT2D eigenvalue weighted by molar-refractivity contribution is 7.13. The van der Waals surface area contributed by atoms with E-state index in [-0.39, 0.29) is 19.1 Å². The van der Waals surface area contributed by atoms with Crippen LogP contribution in [0.15, 0.2) is 52.4 Å². The molecular formula is C18H18N2O3S. The van der Waals surface area contributed by atoms with Gasteiger partial charge in [0.2, 0.25) is 5.91 Å². The summed E-state index contributed by atoms with van der Waals surface area (Å²) in [7, 11) is 0. The molecule has 0 bridgehead atoms. The largest absolute Gasteiger partial charge is 0.365 e. The molecule has 0 fully saturated rings. The van der Waals surface area contributed by atoms with Crippen molar-refractivity contribution in [2.45, 2.75) is 20.0 Å². The van der Waals surface area contributed by atoms with Gasteiger partial charge in [0.1, 0.15) is 12.3 Å². The Morgan fingerprint density at radius 3 is 3.00 bits per heavy atom. The first-order valence-corrected chi connectivity index (χ1v) is 8.58. The number of nitrogens with zero attached hydrogens (tertiary/aromatic N) is 1. The minimum atomic E-state index is -0.190. The number of ether oxygens (including phenoxy) is 1. The Balaban J connectivity index is 1.46. The van der Waals surface area contributed by atoms with Crippen molar-refractivity contribution in [2.24, 2.45) is 0 Å². The number of benzene rings is 1. The molecule has 0 aliphatic carbocycles. The van der Waals surface area contributed by atoms with Crippen LogP contribution in [0.25, 0.3) is 10.6 Å². The number of aromatic nitrogens is 1. The van der Waals surface area contributed by atoms with E-state index in [9.17, 15) is 4.79 Å². The Kier molecular flexibility index (Phi) is 5.40. The van der Waals surface area contributed by atoms with E-state index in [2.05, 4.69) is 17.4 Å². The molecule has 3 rings (SSSR count). The van der Waals surface area contributed by atoms with Crippen LogP contribution in [-0.4, -0.2) is 17.7 Å². The molecule has 124 valence electrons. The number of amides is 1. The number of aryl methyl sites for hydroxylation is 1. The molecule has 0 spiro atoms. The van der Waals surface area contributed by atoms with Crippen LogP contribution < -0.4 is 5.32 Å². The maximum atomic E-state index is 11.9. The summed E-state index contributed by atoms with van der Waals surface area (Å²) >= 11 is 1.58. The highest BCUT2D eigenvalue weighted by Crippen LogP contribution is 2.25. The summed E-state index contributed by atoms with van der Waals surface area (Å²) in [6.45, 7) is 2.28. The number of carbonyl (C=O) groups excluding carboxylic acids is 1. The van der Waals surface area contributed by atoms with Crippen LogP contribution in [0.3, 0.4) is 0 Å². The van der Waals surface area contributed by atoms with E-state index in [0.717, 1.165) is 17.0 Å². The lowest BCUT2D eigenvalue weighted by molar-refractivity contribution is -0.121. The second-order valence-corrected chi connectivity index (χ2v) is 6.20. The zero-order valence-electron chi connectivity index (χ0n) is 13.3. The normalized spacial score (nSPS) is 10.7. The molecule has 1 amide bonds. The van der Waals surface area contributed by atoms with E-state index < -0.39 is 0 Å². The summed E-state index contributed by atoms with van der Waals surface area (Å²) < 4.78 is 10.7. The second-order valence-electron chi connectivity index (χ2n) is 5.25. The van der Waals surface area contributed by atoms with Gasteiger partial charge in [0, 0.05) is 11.8 Å². The van der Waals surface area contributed by atoms with Crippen LogP contribution in [0.2, 0.25) is 0 Å². The van der Waals surface area contributed by atoms with E-state index in [0.29, 0.717) is 11.5 Å². The van der Waals surface area contributed by atoms with Crippen LogP contribution in [0, 0.1) is 0 Å². The molecule has 0 aliphatic heterocycles. The van der Waals surface area contributed by atoms with Crippen LogP contribution in [0.5, 0.6) is 0 Å². The summed E-state index contributed by atoms with van der Waals surface area (Å²) in [6, 6.07) is 13.5. The fraction of sp³-hybridized carbons (Fsp3) is 0.222. The lowest BCUT2D eigenvalue weighted by atomic mass is 10.1. The number of hydrogen-bond acceptors (Lipinski definition) is 5. The summed E-state index contributed by atoms with van der Waals surface area (Å²) in [6.07, 6.45) is 0.930. The molecule has 0 radical (unpaired) electrons. The number of nitrogens with one attached hydrogen (secondary N) is 1. The smallest absolute Gasteiger partial charge is 0.250 e. The lowest BCUT2D eigenvalue weighted by Crippen LogP contribution is -2.18. The molecular weight excluding hydrogens is 324 g/mol. The molecule has 0 saturated heterocycles. The van der Waals surface area contributed by atoms with E-state index in [4.69, 9.17) is 9.26 Å².